The van der Waals surface area contributed by atoms with Crippen LogP contribution in [0.15, 0.2) is 48.6 Å². The molecule has 336 valence electrons. The Hall–Kier alpha value is -2.56. The number of aliphatic hydroxyl groups is 1. The third kappa shape index (κ3) is 40.2. The van der Waals surface area contributed by atoms with Crippen LogP contribution in [-0.4, -0.2) is 64.9 Å². The number of hydrogen-bond donors (Lipinski definition) is 4. The van der Waals surface area contributed by atoms with E-state index in [0.29, 0.717) is 12.8 Å². The molecule has 0 saturated carbocycles. The van der Waals surface area contributed by atoms with Gasteiger partial charge in [-0.05, 0) is 51.4 Å². The van der Waals surface area contributed by atoms with E-state index in [4.69, 9.17) is 13.8 Å². The predicted octanol–water partition coefficient (Wildman–Crippen LogP) is 11.8. The van der Waals surface area contributed by atoms with Crippen molar-refractivity contribution in [1.82, 2.24) is 5.32 Å². The standard InChI is InChI=1S/C46H82NO10P/c1-3-5-7-9-11-13-15-17-19-20-21-22-24-26-28-30-32-34-36-38-45(50)55-39-42(48)40-56-58(53,54)57-41-43(46(51)52)47-44(49)37-35-33-31-29-27-25-23-18-16-14-12-10-8-6-4-2/h6,8,12,14,18,23,27,29,42-43,48H,3-5,7,9-11,13,15-17,19-22,24-26,28,30-41H2,1-2H3,(H,47,49)(H,51,52)(H,53,54)/b8-6-,14-12-,23-18-,29-27-. The van der Waals surface area contributed by atoms with Crippen molar-refractivity contribution >= 4 is 25.7 Å². The number of hydrogen-bond acceptors (Lipinski definition) is 8. The highest BCUT2D eigenvalue weighted by molar-refractivity contribution is 7.47. The molecule has 0 aromatic heterocycles. The number of ether oxygens (including phenoxy) is 1. The van der Waals surface area contributed by atoms with Gasteiger partial charge in [-0.15, -0.1) is 0 Å². The summed E-state index contributed by atoms with van der Waals surface area (Å²) in [5.41, 5.74) is 0. The maximum Gasteiger partial charge on any atom is 0.472 e. The molecule has 0 spiro atoms. The van der Waals surface area contributed by atoms with E-state index in [-0.39, 0.29) is 12.8 Å². The van der Waals surface area contributed by atoms with E-state index in [1.165, 1.54) is 96.3 Å². The molecule has 0 rings (SSSR count). The van der Waals surface area contributed by atoms with E-state index >= 15 is 0 Å². The maximum absolute atomic E-state index is 12.3. The third-order valence-corrected chi connectivity index (χ3v) is 10.6. The fourth-order valence-corrected chi connectivity index (χ4v) is 6.90. The molecular formula is C46H82NO10P. The van der Waals surface area contributed by atoms with Crippen LogP contribution < -0.4 is 5.32 Å². The molecule has 0 aromatic rings. The number of unbranched alkanes of at least 4 members (excludes halogenated alkanes) is 20. The second-order valence-corrected chi connectivity index (χ2v) is 16.7. The summed E-state index contributed by atoms with van der Waals surface area (Å²) >= 11 is 0. The fourth-order valence-electron chi connectivity index (χ4n) is 6.13. The lowest BCUT2D eigenvalue weighted by Crippen LogP contribution is -2.43. The number of aliphatic carboxylic acids is 1. The summed E-state index contributed by atoms with van der Waals surface area (Å²) in [7, 11) is -4.77. The smallest absolute Gasteiger partial charge is 0.472 e. The minimum atomic E-state index is -4.77. The van der Waals surface area contributed by atoms with E-state index < -0.39 is 57.6 Å². The Morgan fingerprint density at radius 1 is 0.569 bits per heavy atom. The van der Waals surface area contributed by atoms with Gasteiger partial charge >= 0.3 is 19.8 Å². The van der Waals surface area contributed by atoms with Crippen LogP contribution in [0.1, 0.15) is 194 Å². The number of nitrogens with one attached hydrogen (secondary N) is 1. The summed E-state index contributed by atoms with van der Waals surface area (Å²) in [6, 6.07) is -1.57. The number of rotatable bonds is 42. The first kappa shape index (κ1) is 55.4. The zero-order valence-corrected chi connectivity index (χ0v) is 37.2. The predicted molar refractivity (Wildman–Crippen MR) is 235 cm³/mol. The Balaban J connectivity index is 3.90. The molecule has 0 bridgehead atoms. The van der Waals surface area contributed by atoms with Gasteiger partial charge in [-0.3, -0.25) is 18.6 Å². The molecule has 1 amide bonds. The molecular weight excluding hydrogens is 757 g/mol. The highest BCUT2D eigenvalue weighted by Crippen LogP contribution is 2.43. The van der Waals surface area contributed by atoms with Gasteiger partial charge < -0.3 is 25.2 Å². The number of aliphatic hydroxyl groups excluding tert-OH is 1. The quantitative estimate of drug-likeness (QED) is 0.0201. The Kier molecular flexibility index (Phi) is 39.4. The van der Waals surface area contributed by atoms with Crippen molar-refractivity contribution in [1.29, 1.82) is 0 Å². The minimum Gasteiger partial charge on any atom is -0.480 e. The average molecular weight is 840 g/mol. The fraction of sp³-hybridized carbons (Fsp3) is 0.761. The van der Waals surface area contributed by atoms with E-state index in [2.05, 4.69) is 61.7 Å². The number of allylic oxidation sites excluding steroid dienone is 8. The van der Waals surface area contributed by atoms with E-state index in [1.807, 2.05) is 6.08 Å². The lowest BCUT2D eigenvalue weighted by atomic mass is 10.0. The van der Waals surface area contributed by atoms with Gasteiger partial charge in [-0.1, -0.05) is 178 Å². The number of phosphoric ester groups is 1. The summed E-state index contributed by atoms with van der Waals surface area (Å²) in [5.74, 6) is -2.43. The van der Waals surface area contributed by atoms with Gasteiger partial charge in [-0.25, -0.2) is 9.36 Å². The van der Waals surface area contributed by atoms with Crippen molar-refractivity contribution in [3.63, 3.8) is 0 Å². The molecule has 12 heteroatoms. The number of amides is 1. The molecule has 0 aliphatic carbocycles. The van der Waals surface area contributed by atoms with Crippen molar-refractivity contribution in [2.75, 3.05) is 19.8 Å². The van der Waals surface area contributed by atoms with Crippen molar-refractivity contribution < 1.29 is 47.8 Å². The molecule has 0 aliphatic rings. The Morgan fingerprint density at radius 3 is 1.48 bits per heavy atom. The number of carboxylic acid groups (broad SMARTS) is 1. The Morgan fingerprint density at radius 2 is 1.00 bits per heavy atom. The second kappa shape index (κ2) is 41.2. The molecule has 3 atom stereocenters. The number of esters is 1. The normalized spacial score (nSPS) is 14.1. The average Bonchev–Trinajstić information content (AvgIpc) is 3.20. The van der Waals surface area contributed by atoms with Gasteiger partial charge in [0, 0.05) is 12.8 Å². The van der Waals surface area contributed by atoms with Crippen LogP contribution in [0.3, 0.4) is 0 Å². The van der Waals surface area contributed by atoms with Crippen LogP contribution in [-0.2, 0) is 32.7 Å². The van der Waals surface area contributed by atoms with Crippen molar-refractivity contribution in [3.8, 4) is 0 Å². The summed E-state index contributed by atoms with van der Waals surface area (Å²) in [6.45, 7) is 2.46. The topological polar surface area (TPSA) is 169 Å². The van der Waals surface area contributed by atoms with Crippen LogP contribution in [0.4, 0.5) is 0 Å². The molecule has 0 saturated heterocycles. The lowest BCUT2D eigenvalue weighted by Gasteiger charge is -2.18. The van der Waals surface area contributed by atoms with Crippen LogP contribution >= 0.6 is 7.82 Å². The highest BCUT2D eigenvalue weighted by Gasteiger charge is 2.28. The SMILES string of the molecule is CC/C=C\C/C=C\C/C=C\C/C=C\CCCCC(=O)NC(COP(=O)(O)OCC(O)COC(=O)CCCCCCCCCCCCCCCCCCCCC)C(=O)O. The van der Waals surface area contributed by atoms with Crippen molar-refractivity contribution in [2.45, 2.75) is 206 Å². The van der Waals surface area contributed by atoms with Crippen molar-refractivity contribution in [2.24, 2.45) is 0 Å². The maximum atomic E-state index is 12.3. The first-order valence-electron chi connectivity index (χ1n) is 22.7. The molecule has 0 aliphatic heterocycles. The molecule has 4 N–H and O–H groups in total. The largest absolute Gasteiger partial charge is 0.480 e. The molecule has 0 radical (unpaired) electrons. The first-order chi connectivity index (χ1) is 28.1. The number of phosphoric acid groups is 1. The summed E-state index contributed by atoms with van der Waals surface area (Å²) < 4.78 is 26.8. The van der Waals surface area contributed by atoms with Gasteiger partial charge in [0.1, 0.15) is 12.7 Å². The summed E-state index contributed by atoms with van der Waals surface area (Å²) in [4.78, 5) is 45.9. The third-order valence-electron chi connectivity index (χ3n) is 9.63. The molecule has 0 aromatic carbocycles. The zero-order chi connectivity index (χ0) is 42.8. The lowest BCUT2D eigenvalue weighted by molar-refractivity contribution is -0.147. The summed E-state index contributed by atoms with van der Waals surface area (Å²) in [6.07, 6.45) is 45.7. The van der Waals surface area contributed by atoms with Crippen LogP contribution in [0.5, 0.6) is 0 Å². The van der Waals surface area contributed by atoms with Crippen LogP contribution in [0.25, 0.3) is 0 Å². The van der Waals surface area contributed by atoms with E-state index in [9.17, 15) is 34.1 Å². The number of carboxylic acids is 1. The van der Waals surface area contributed by atoms with E-state index in [1.54, 1.807) is 0 Å². The molecule has 0 heterocycles. The first-order valence-corrected chi connectivity index (χ1v) is 24.2. The second-order valence-electron chi connectivity index (χ2n) is 15.2. The van der Waals surface area contributed by atoms with Crippen molar-refractivity contribution in [3.05, 3.63) is 48.6 Å². The Bertz CT molecular complexity index is 1170. The molecule has 3 unspecified atom stereocenters. The Labute approximate surface area is 352 Å². The monoisotopic (exact) mass is 840 g/mol. The van der Waals surface area contributed by atoms with Gasteiger partial charge in [0.15, 0.2) is 6.04 Å². The minimum absolute atomic E-state index is 0.0923. The molecule has 58 heavy (non-hydrogen) atoms. The van der Waals surface area contributed by atoms with Crippen LogP contribution in [0, 0.1) is 0 Å². The number of carbonyl (C=O) groups is 3. The van der Waals surface area contributed by atoms with Gasteiger partial charge in [0.25, 0.3) is 0 Å². The molecule has 11 nitrogen and oxygen atoms in total. The van der Waals surface area contributed by atoms with Gasteiger partial charge in [0.2, 0.25) is 5.91 Å². The summed E-state index contributed by atoms with van der Waals surface area (Å²) in [5, 5.41) is 21.8. The van der Waals surface area contributed by atoms with Crippen LogP contribution in [0.2, 0.25) is 0 Å². The van der Waals surface area contributed by atoms with Gasteiger partial charge in [-0.2, -0.15) is 0 Å². The van der Waals surface area contributed by atoms with Gasteiger partial charge in [0.05, 0.1) is 13.2 Å². The zero-order valence-electron chi connectivity index (χ0n) is 36.3. The highest BCUT2D eigenvalue weighted by atomic mass is 31.2. The van der Waals surface area contributed by atoms with E-state index in [0.717, 1.165) is 57.8 Å². The number of carbonyl (C=O) groups excluding carboxylic acids is 2. The molecule has 0 fully saturated rings.